The van der Waals surface area contributed by atoms with Gasteiger partial charge in [-0.05, 0) is 18.9 Å². The van der Waals surface area contributed by atoms with Gasteiger partial charge in [-0.2, -0.15) is 0 Å². The number of fused-ring (bicyclic) bond motifs is 1. The van der Waals surface area contributed by atoms with Gasteiger partial charge in [0.2, 0.25) is 0 Å². The van der Waals surface area contributed by atoms with E-state index < -0.39 is 0 Å². The van der Waals surface area contributed by atoms with Crippen LogP contribution in [0.4, 0.5) is 5.69 Å². The standard InChI is InChI=1S/C8H9N5/c9-5-3-7-8(10-4-5)13(12-11-7)6-1-2-6/h3-4,6H,1-2,9H2. The summed E-state index contributed by atoms with van der Waals surface area (Å²) < 4.78 is 1.88. The first kappa shape index (κ1) is 6.82. The lowest BCUT2D eigenvalue weighted by Gasteiger charge is -1.96. The largest absolute Gasteiger partial charge is 0.397 e. The average molecular weight is 175 g/mol. The summed E-state index contributed by atoms with van der Waals surface area (Å²) in [7, 11) is 0. The van der Waals surface area contributed by atoms with Crippen LogP contribution in [-0.2, 0) is 0 Å². The van der Waals surface area contributed by atoms with E-state index in [0.717, 1.165) is 11.2 Å². The molecule has 2 N–H and O–H groups in total. The molecular formula is C8H9N5. The van der Waals surface area contributed by atoms with Crippen LogP contribution in [0.2, 0.25) is 0 Å². The fraction of sp³-hybridized carbons (Fsp3) is 0.375. The molecule has 0 unspecified atom stereocenters. The molecule has 1 fully saturated rings. The number of rotatable bonds is 1. The van der Waals surface area contributed by atoms with Gasteiger partial charge in [-0.3, -0.25) is 0 Å². The molecule has 1 aliphatic rings. The van der Waals surface area contributed by atoms with Crippen LogP contribution in [0.25, 0.3) is 11.2 Å². The van der Waals surface area contributed by atoms with E-state index in [4.69, 9.17) is 5.73 Å². The summed E-state index contributed by atoms with van der Waals surface area (Å²) in [5.41, 5.74) is 7.85. The lowest BCUT2D eigenvalue weighted by molar-refractivity contribution is 0.625. The second kappa shape index (κ2) is 2.18. The normalized spacial score (nSPS) is 16.6. The highest BCUT2D eigenvalue weighted by Crippen LogP contribution is 2.35. The molecule has 0 spiro atoms. The first-order valence-corrected chi connectivity index (χ1v) is 4.31. The van der Waals surface area contributed by atoms with E-state index in [1.165, 1.54) is 12.8 Å². The minimum atomic E-state index is 0.515. The number of hydrogen-bond donors (Lipinski definition) is 1. The molecule has 66 valence electrons. The van der Waals surface area contributed by atoms with E-state index in [-0.39, 0.29) is 0 Å². The highest BCUT2D eigenvalue weighted by molar-refractivity contribution is 5.73. The Morgan fingerprint density at radius 2 is 2.31 bits per heavy atom. The van der Waals surface area contributed by atoms with Crippen molar-refractivity contribution in [1.82, 2.24) is 20.0 Å². The molecule has 1 saturated carbocycles. The minimum Gasteiger partial charge on any atom is -0.397 e. The van der Waals surface area contributed by atoms with Crippen molar-refractivity contribution >= 4 is 16.9 Å². The zero-order valence-electron chi connectivity index (χ0n) is 7.01. The maximum Gasteiger partial charge on any atom is 0.178 e. The Hall–Kier alpha value is -1.65. The van der Waals surface area contributed by atoms with Crippen LogP contribution in [0.15, 0.2) is 12.3 Å². The number of nitrogens with zero attached hydrogens (tertiary/aromatic N) is 4. The molecule has 2 heterocycles. The topological polar surface area (TPSA) is 69.6 Å². The third-order valence-electron chi connectivity index (χ3n) is 2.23. The molecule has 0 aliphatic heterocycles. The molecule has 1 aliphatic carbocycles. The first-order valence-electron chi connectivity index (χ1n) is 4.31. The van der Waals surface area contributed by atoms with Crippen molar-refractivity contribution in [3.63, 3.8) is 0 Å². The number of anilines is 1. The van der Waals surface area contributed by atoms with Gasteiger partial charge in [0, 0.05) is 0 Å². The van der Waals surface area contributed by atoms with Gasteiger partial charge in [0.05, 0.1) is 17.9 Å². The zero-order valence-corrected chi connectivity index (χ0v) is 7.01. The number of hydrogen-bond acceptors (Lipinski definition) is 4. The minimum absolute atomic E-state index is 0.515. The monoisotopic (exact) mass is 175 g/mol. The molecule has 2 aromatic rings. The molecule has 0 radical (unpaired) electrons. The van der Waals surface area contributed by atoms with Gasteiger partial charge in [0.1, 0.15) is 5.52 Å². The smallest absolute Gasteiger partial charge is 0.178 e. The summed E-state index contributed by atoms with van der Waals surface area (Å²) in [6.45, 7) is 0. The van der Waals surface area contributed by atoms with Crippen molar-refractivity contribution in [1.29, 1.82) is 0 Å². The average Bonchev–Trinajstić information content (AvgIpc) is 2.87. The van der Waals surface area contributed by atoms with E-state index in [0.29, 0.717) is 11.7 Å². The van der Waals surface area contributed by atoms with Crippen molar-refractivity contribution in [2.45, 2.75) is 18.9 Å². The SMILES string of the molecule is Nc1cnc2c(c1)nnn2C1CC1. The van der Waals surface area contributed by atoms with Crippen molar-refractivity contribution in [3.8, 4) is 0 Å². The Morgan fingerprint density at radius 3 is 3.08 bits per heavy atom. The van der Waals surface area contributed by atoms with Crippen molar-refractivity contribution in [3.05, 3.63) is 12.3 Å². The second-order valence-corrected chi connectivity index (χ2v) is 3.38. The fourth-order valence-corrected chi connectivity index (χ4v) is 1.42. The van der Waals surface area contributed by atoms with Crippen molar-refractivity contribution in [2.75, 3.05) is 5.73 Å². The summed E-state index contributed by atoms with van der Waals surface area (Å²) in [6.07, 6.45) is 4.01. The predicted molar refractivity (Wildman–Crippen MR) is 48.0 cm³/mol. The third kappa shape index (κ3) is 0.965. The number of pyridine rings is 1. The van der Waals surface area contributed by atoms with Crippen molar-refractivity contribution in [2.24, 2.45) is 0 Å². The molecule has 0 amide bonds. The lowest BCUT2D eigenvalue weighted by Crippen LogP contribution is -1.97. The summed E-state index contributed by atoms with van der Waals surface area (Å²) in [6, 6.07) is 2.31. The Balaban J connectivity index is 2.26. The Kier molecular flexibility index (Phi) is 1.15. The molecule has 3 rings (SSSR count). The molecule has 2 aromatic heterocycles. The van der Waals surface area contributed by atoms with E-state index in [9.17, 15) is 0 Å². The van der Waals surface area contributed by atoms with Gasteiger partial charge in [0.15, 0.2) is 5.65 Å². The Labute approximate surface area is 74.6 Å². The molecule has 0 bridgehead atoms. The van der Waals surface area contributed by atoms with Crippen LogP contribution in [-0.4, -0.2) is 20.0 Å². The molecule has 5 heteroatoms. The maximum atomic E-state index is 5.59. The second-order valence-electron chi connectivity index (χ2n) is 3.38. The van der Waals surface area contributed by atoms with Crippen molar-refractivity contribution < 1.29 is 0 Å². The summed E-state index contributed by atoms with van der Waals surface area (Å²) >= 11 is 0. The van der Waals surface area contributed by atoms with E-state index in [1.807, 2.05) is 4.68 Å². The van der Waals surface area contributed by atoms with E-state index >= 15 is 0 Å². The first-order chi connectivity index (χ1) is 6.34. The molecule has 0 aromatic carbocycles. The number of aromatic nitrogens is 4. The Bertz CT molecular complexity index is 457. The fourth-order valence-electron chi connectivity index (χ4n) is 1.42. The van der Waals surface area contributed by atoms with Crippen LogP contribution >= 0.6 is 0 Å². The predicted octanol–water partition coefficient (Wildman–Crippen LogP) is 0.743. The van der Waals surface area contributed by atoms with Crippen LogP contribution in [0.3, 0.4) is 0 Å². The quantitative estimate of drug-likeness (QED) is 0.694. The molecule has 5 nitrogen and oxygen atoms in total. The summed E-state index contributed by atoms with van der Waals surface area (Å²) in [5.74, 6) is 0. The molecule has 13 heavy (non-hydrogen) atoms. The van der Waals surface area contributed by atoms with Gasteiger partial charge in [-0.1, -0.05) is 5.21 Å². The Morgan fingerprint density at radius 1 is 1.46 bits per heavy atom. The zero-order chi connectivity index (χ0) is 8.84. The van der Waals surface area contributed by atoms with E-state index in [2.05, 4.69) is 15.3 Å². The highest BCUT2D eigenvalue weighted by Gasteiger charge is 2.26. The molecular weight excluding hydrogens is 166 g/mol. The molecule has 0 atom stereocenters. The van der Waals surface area contributed by atoms with Gasteiger partial charge in [-0.15, -0.1) is 5.10 Å². The van der Waals surface area contributed by atoms with Crippen LogP contribution in [0.1, 0.15) is 18.9 Å². The lowest BCUT2D eigenvalue weighted by atomic mass is 10.4. The van der Waals surface area contributed by atoms with Gasteiger partial charge in [-0.25, -0.2) is 9.67 Å². The maximum absolute atomic E-state index is 5.59. The van der Waals surface area contributed by atoms with Crippen LogP contribution < -0.4 is 5.73 Å². The van der Waals surface area contributed by atoms with Gasteiger partial charge >= 0.3 is 0 Å². The highest BCUT2D eigenvalue weighted by atomic mass is 15.5. The van der Waals surface area contributed by atoms with E-state index in [1.54, 1.807) is 12.3 Å². The summed E-state index contributed by atoms with van der Waals surface area (Å²) in [4.78, 5) is 4.21. The number of nitrogen functional groups attached to an aromatic ring is 1. The van der Waals surface area contributed by atoms with Gasteiger partial charge in [0.25, 0.3) is 0 Å². The van der Waals surface area contributed by atoms with Gasteiger partial charge < -0.3 is 5.73 Å². The number of nitrogens with two attached hydrogens (primary N) is 1. The summed E-state index contributed by atoms with van der Waals surface area (Å²) in [5, 5.41) is 8.06. The molecule has 0 saturated heterocycles. The van der Waals surface area contributed by atoms with Crippen LogP contribution in [0.5, 0.6) is 0 Å². The third-order valence-corrected chi connectivity index (χ3v) is 2.23. The van der Waals surface area contributed by atoms with Crippen LogP contribution in [0, 0.1) is 0 Å².